The van der Waals surface area contributed by atoms with E-state index in [9.17, 15) is 9.59 Å². The number of rotatable bonds is 1. The van der Waals surface area contributed by atoms with Crippen LogP contribution in [0.4, 0.5) is 9.59 Å². The quantitative estimate of drug-likeness (QED) is 0.697. The van der Waals surface area contributed by atoms with Crippen LogP contribution in [0.5, 0.6) is 0 Å². The second kappa shape index (κ2) is 6.47. The lowest BCUT2D eigenvalue weighted by Gasteiger charge is -2.26. The molecule has 2 rings (SSSR count). The van der Waals surface area contributed by atoms with Gasteiger partial charge in [0.15, 0.2) is 0 Å². The summed E-state index contributed by atoms with van der Waals surface area (Å²) in [5, 5.41) is 0. The highest BCUT2D eigenvalue weighted by Crippen LogP contribution is 2.24. The Labute approximate surface area is 131 Å². The van der Waals surface area contributed by atoms with Crippen LogP contribution in [0, 0.1) is 12.3 Å². The molecule has 2 fully saturated rings. The maximum atomic E-state index is 12.2. The number of hydrogen-bond donors (Lipinski definition) is 0. The Morgan fingerprint density at radius 2 is 1.82 bits per heavy atom. The van der Waals surface area contributed by atoms with Crippen molar-refractivity contribution in [2.75, 3.05) is 19.6 Å². The number of nitrogens with zero attached hydrogens (tertiary/aromatic N) is 2. The van der Waals surface area contributed by atoms with Gasteiger partial charge in [0.05, 0.1) is 12.6 Å². The van der Waals surface area contributed by atoms with Crippen molar-refractivity contribution in [2.24, 2.45) is 0 Å². The molecule has 6 heteroatoms. The molecular formula is C16H24N2O4. The van der Waals surface area contributed by atoms with Crippen LogP contribution < -0.4 is 0 Å². The largest absolute Gasteiger partial charge is 0.444 e. The first kappa shape index (κ1) is 16.5. The first-order valence-electron chi connectivity index (χ1n) is 7.71. The molecule has 0 spiro atoms. The van der Waals surface area contributed by atoms with Crippen molar-refractivity contribution >= 4 is 12.2 Å². The highest BCUT2D eigenvalue weighted by atomic mass is 16.6. The van der Waals surface area contributed by atoms with E-state index in [0.717, 1.165) is 25.9 Å². The lowest BCUT2D eigenvalue weighted by molar-refractivity contribution is 0.0219. The number of ether oxygens (including phenoxy) is 2. The third kappa shape index (κ3) is 4.06. The average Bonchev–Trinajstić information content (AvgIpc) is 3.05. The van der Waals surface area contributed by atoms with E-state index in [2.05, 4.69) is 5.92 Å². The van der Waals surface area contributed by atoms with Gasteiger partial charge in [0, 0.05) is 19.5 Å². The molecule has 0 saturated carbocycles. The van der Waals surface area contributed by atoms with Crippen LogP contribution in [0.15, 0.2) is 0 Å². The molecule has 0 aromatic rings. The molecule has 0 aromatic carbocycles. The van der Waals surface area contributed by atoms with Gasteiger partial charge in [0.2, 0.25) is 0 Å². The fourth-order valence-corrected chi connectivity index (χ4v) is 2.68. The number of carbonyl (C=O) groups is 2. The highest BCUT2D eigenvalue weighted by Gasteiger charge is 2.39. The summed E-state index contributed by atoms with van der Waals surface area (Å²) in [4.78, 5) is 27.4. The predicted octanol–water partition coefficient (Wildman–Crippen LogP) is 2.23. The van der Waals surface area contributed by atoms with Crippen LogP contribution in [-0.4, -0.2) is 59.4 Å². The van der Waals surface area contributed by atoms with Gasteiger partial charge >= 0.3 is 12.2 Å². The van der Waals surface area contributed by atoms with Gasteiger partial charge in [-0.15, -0.1) is 6.42 Å². The fraction of sp³-hybridized carbons (Fsp3) is 0.750. The van der Waals surface area contributed by atoms with Crippen LogP contribution >= 0.6 is 0 Å². The van der Waals surface area contributed by atoms with Crippen LogP contribution in [-0.2, 0) is 9.47 Å². The number of amides is 2. The minimum Gasteiger partial charge on any atom is -0.444 e. The summed E-state index contributed by atoms with van der Waals surface area (Å²) in [5.74, 6) is 2.57. The minimum atomic E-state index is -0.583. The molecule has 2 saturated heterocycles. The van der Waals surface area contributed by atoms with Crippen molar-refractivity contribution in [1.82, 2.24) is 9.80 Å². The lowest BCUT2D eigenvalue weighted by atomic mass is 10.2. The summed E-state index contributed by atoms with van der Waals surface area (Å²) >= 11 is 0. The molecule has 2 amide bonds. The number of terminal acetylenes is 1. The summed E-state index contributed by atoms with van der Waals surface area (Å²) in [5.41, 5.74) is -0.583. The normalized spacial score (nSPS) is 25.0. The first-order chi connectivity index (χ1) is 10.3. The zero-order valence-corrected chi connectivity index (χ0v) is 13.5. The Bertz CT molecular complexity index is 472. The summed E-state index contributed by atoms with van der Waals surface area (Å²) in [6.45, 7) is 7.16. The molecule has 2 aliphatic heterocycles. The molecule has 0 aromatic heterocycles. The lowest BCUT2D eigenvalue weighted by Crippen LogP contribution is -2.40. The zero-order chi connectivity index (χ0) is 16.3. The number of carbonyl (C=O) groups excluding carboxylic acids is 2. The van der Waals surface area contributed by atoms with E-state index < -0.39 is 17.7 Å². The minimum absolute atomic E-state index is 0.281. The third-order valence-electron chi connectivity index (χ3n) is 3.71. The second-order valence-electron chi connectivity index (χ2n) is 6.75. The SMILES string of the molecule is C#C[C@@H]1C[C@H](OC(=O)N2CCCC2)CN1C(=O)OC(C)(C)C. The fourth-order valence-electron chi connectivity index (χ4n) is 2.68. The van der Waals surface area contributed by atoms with E-state index in [1.54, 1.807) is 25.7 Å². The van der Waals surface area contributed by atoms with Gasteiger partial charge in [-0.2, -0.15) is 0 Å². The van der Waals surface area contributed by atoms with E-state index in [0.29, 0.717) is 6.42 Å². The standard InChI is InChI=1S/C16H24N2O4/c1-5-12-10-13(21-14(19)17-8-6-7-9-17)11-18(12)15(20)22-16(2,3)4/h1,12-13H,6-11H2,2-4H3/t12-,13+/m1/s1. The van der Waals surface area contributed by atoms with Gasteiger partial charge in [-0.1, -0.05) is 5.92 Å². The van der Waals surface area contributed by atoms with Crippen molar-refractivity contribution in [3.8, 4) is 12.3 Å². The monoisotopic (exact) mass is 308 g/mol. The molecule has 0 unspecified atom stereocenters. The van der Waals surface area contributed by atoms with Gasteiger partial charge in [-0.05, 0) is 33.6 Å². The van der Waals surface area contributed by atoms with Crippen LogP contribution in [0.3, 0.4) is 0 Å². The average molecular weight is 308 g/mol. The van der Waals surface area contributed by atoms with Crippen molar-refractivity contribution in [3.05, 3.63) is 0 Å². The Morgan fingerprint density at radius 1 is 1.18 bits per heavy atom. The highest BCUT2D eigenvalue weighted by molar-refractivity contribution is 5.71. The summed E-state index contributed by atoms with van der Waals surface area (Å²) in [7, 11) is 0. The maximum Gasteiger partial charge on any atom is 0.411 e. The Morgan fingerprint density at radius 3 is 2.36 bits per heavy atom. The summed E-state index contributed by atoms with van der Waals surface area (Å²) < 4.78 is 10.8. The molecule has 2 atom stereocenters. The van der Waals surface area contributed by atoms with Crippen LogP contribution in [0.25, 0.3) is 0 Å². The van der Waals surface area contributed by atoms with Crippen LogP contribution in [0.2, 0.25) is 0 Å². The molecule has 0 N–H and O–H groups in total. The Balaban J connectivity index is 1.92. The van der Waals surface area contributed by atoms with Gasteiger partial charge in [0.1, 0.15) is 11.7 Å². The van der Waals surface area contributed by atoms with Gasteiger partial charge in [-0.3, -0.25) is 4.90 Å². The summed E-state index contributed by atoms with van der Waals surface area (Å²) in [6.07, 6.45) is 6.81. The molecular weight excluding hydrogens is 284 g/mol. The second-order valence-corrected chi connectivity index (χ2v) is 6.75. The van der Waals surface area contributed by atoms with Gasteiger partial charge in [0.25, 0.3) is 0 Å². The van der Waals surface area contributed by atoms with Crippen molar-refractivity contribution in [2.45, 2.75) is 57.8 Å². The molecule has 2 aliphatic rings. The Hall–Kier alpha value is -1.90. The topological polar surface area (TPSA) is 59.1 Å². The van der Waals surface area contributed by atoms with Crippen molar-refractivity contribution in [1.29, 1.82) is 0 Å². The van der Waals surface area contributed by atoms with Crippen molar-refractivity contribution in [3.63, 3.8) is 0 Å². The molecule has 0 bridgehead atoms. The molecule has 0 aliphatic carbocycles. The number of hydrogen-bond acceptors (Lipinski definition) is 4. The number of likely N-dealkylation sites (tertiary alicyclic amines) is 2. The smallest absolute Gasteiger partial charge is 0.411 e. The van der Waals surface area contributed by atoms with E-state index in [1.807, 2.05) is 0 Å². The van der Waals surface area contributed by atoms with E-state index in [4.69, 9.17) is 15.9 Å². The third-order valence-corrected chi connectivity index (χ3v) is 3.71. The van der Waals surface area contributed by atoms with Crippen LogP contribution in [0.1, 0.15) is 40.0 Å². The van der Waals surface area contributed by atoms with E-state index in [1.165, 1.54) is 4.90 Å². The first-order valence-corrected chi connectivity index (χ1v) is 7.71. The molecule has 22 heavy (non-hydrogen) atoms. The van der Waals surface area contributed by atoms with Gasteiger partial charge in [-0.25, -0.2) is 9.59 Å². The van der Waals surface area contributed by atoms with E-state index >= 15 is 0 Å². The van der Waals surface area contributed by atoms with Crippen molar-refractivity contribution < 1.29 is 19.1 Å². The molecule has 122 valence electrons. The zero-order valence-electron chi connectivity index (χ0n) is 13.5. The predicted molar refractivity (Wildman–Crippen MR) is 81.3 cm³/mol. The Kier molecular flexibility index (Phi) is 4.84. The van der Waals surface area contributed by atoms with Gasteiger partial charge < -0.3 is 14.4 Å². The van der Waals surface area contributed by atoms with E-state index in [-0.39, 0.29) is 18.7 Å². The molecule has 6 nitrogen and oxygen atoms in total. The maximum absolute atomic E-state index is 12.2. The molecule has 0 radical (unpaired) electrons. The molecule has 2 heterocycles. The summed E-state index contributed by atoms with van der Waals surface area (Å²) in [6, 6.07) is -0.397.